The number of nitrogens with zero attached hydrogens (tertiary/aromatic N) is 3. The molecule has 1 aromatic heterocycles. The molecule has 0 radical (unpaired) electrons. The Hall–Kier alpha value is -1.69. The minimum absolute atomic E-state index is 0.188. The molecule has 0 aliphatic carbocycles. The maximum Gasteiger partial charge on any atom is 0.332 e. The highest BCUT2D eigenvalue weighted by molar-refractivity contribution is 5.93. The first kappa shape index (κ1) is 9.85. The Labute approximate surface area is 85.1 Å². The number of aliphatic hydroxyl groups excluding tert-OH is 1. The van der Waals surface area contributed by atoms with Gasteiger partial charge in [-0.05, 0) is 0 Å². The van der Waals surface area contributed by atoms with Gasteiger partial charge >= 0.3 is 5.69 Å². The van der Waals surface area contributed by atoms with Crippen LogP contribution < -0.4 is 11.2 Å². The molecule has 0 spiro atoms. The Kier molecular flexibility index (Phi) is 2.08. The highest BCUT2D eigenvalue weighted by atomic mass is 16.3. The number of aliphatic hydroxyl groups is 1. The zero-order valence-corrected chi connectivity index (χ0v) is 8.52. The summed E-state index contributed by atoms with van der Waals surface area (Å²) in [6, 6.07) is 0. The largest absolute Gasteiger partial charge is 0.390 e. The maximum absolute atomic E-state index is 11.7. The third-order valence-electron chi connectivity index (χ3n) is 2.55. The smallest absolute Gasteiger partial charge is 0.332 e. The van der Waals surface area contributed by atoms with Crippen LogP contribution in [-0.2, 0) is 20.5 Å². The van der Waals surface area contributed by atoms with Crippen molar-refractivity contribution in [2.24, 2.45) is 19.1 Å². The number of hydrogen-bond acceptors (Lipinski definition) is 4. The highest BCUT2D eigenvalue weighted by Crippen LogP contribution is 2.20. The summed E-state index contributed by atoms with van der Waals surface area (Å²) >= 11 is 0. The Bertz CT molecular complexity index is 565. The molecule has 0 aromatic carbocycles. The van der Waals surface area contributed by atoms with Gasteiger partial charge in [-0.2, -0.15) is 0 Å². The molecule has 15 heavy (non-hydrogen) atoms. The van der Waals surface area contributed by atoms with E-state index in [9.17, 15) is 9.59 Å². The van der Waals surface area contributed by atoms with Crippen LogP contribution in [0.15, 0.2) is 14.6 Å². The van der Waals surface area contributed by atoms with Crippen molar-refractivity contribution in [3.8, 4) is 0 Å². The van der Waals surface area contributed by atoms with E-state index in [1.165, 1.54) is 11.6 Å². The van der Waals surface area contributed by atoms with Gasteiger partial charge in [0.1, 0.15) is 5.82 Å². The van der Waals surface area contributed by atoms with Crippen molar-refractivity contribution < 1.29 is 5.11 Å². The summed E-state index contributed by atoms with van der Waals surface area (Å²) in [6.45, 7) is -0.188. The fourth-order valence-corrected chi connectivity index (χ4v) is 1.68. The molecule has 80 valence electrons. The highest BCUT2D eigenvalue weighted by Gasteiger charge is 2.22. The molecule has 0 fully saturated rings. The van der Waals surface area contributed by atoms with Crippen molar-refractivity contribution >= 4 is 11.5 Å². The van der Waals surface area contributed by atoms with Gasteiger partial charge in [0.05, 0.1) is 17.9 Å². The quantitative estimate of drug-likeness (QED) is 0.625. The third-order valence-corrected chi connectivity index (χ3v) is 2.55. The summed E-state index contributed by atoms with van der Waals surface area (Å²) in [4.78, 5) is 27.3. The summed E-state index contributed by atoms with van der Waals surface area (Å²) in [6.07, 6.45) is 0.326. The second-order valence-electron chi connectivity index (χ2n) is 3.52. The number of fused-ring (bicyclic) bond motifs is 1. The van der Waals surface area contributed by atoms with Crippen LogP contribution in [-0.4, -0.2) is 26.6 Å². The summed E-state index contributed by atoms with van der Waals surface area (Å²) in [5.41, 5.74) is 0.258. The first-order valence-electron chi connectivity index (χ1n) is 4.52. The predicted molar refractivity (Wildman–Crippen MR) is 54.8 cm³/mol. The monoisotopic (exact) mass is 209 g/mol. The Balaban J connectivity index is 2.79. The molecule has 1 N–H and O–H groups in total. The summed E-state index contributed by atoms with van der Waals surface area (Å²) in [5.74, 6) is 0.368. The van der Waals surface area contributed by atoms with Crippen molar-refractivity contribution in [2.45, 2.75) is 6.42 Å². The van der Waals surface area contributed by atoms with Crippen LogP contribution in [0, 0.1) is 0 Å². The van der Waals surface area contributed by atoms with Crippen LogP contribution in [0.4, 0.5) is 5.82 Å². The van der Waals surface area contributed by atoms with E-state index in [2.05, 4.69) is 4.99 Å². The third kappa shape index (κ3) is 1.25. The molecule has 0 saturated heterocycles. The minimum atomic E-state index is -0.401. The average molecular weight is 209 g/mol. The SMILES string of the molecule is Cn1c2c(c(=O)n(C)c1=O)CC(CO)=N2. The molecule has 1 aromatic rings. The van der Waals surface area contributed by atoms with E-state index in [1.54, 1.807) is 7.05 Å². The van der Waals surface area contributed by atoms with Gasteiger partial charge in [0, 0.05) is 20.5 Å². The topological polar surface area (TPSA) is 76.6 Å². The van der Waals surface area contributed by atoms with E-state index in [0.29, 0.717) is 23.5 Å². The first-order valence-corrected chi connectivity index (χ1v) is 4.52. The van der Waals surface area contributed by atoms with Gasteiger partial charge < -0.3 is 5.11 Å². The Morgan fingerprint density at radius 2 is 2.00 bits per heavy atom. The molecule has 6 heteroatoms. The van der Waals surface area contributed by atoms with Gasteiger partial charge in [-0.1, -0.05) is 0 Å². The van der Waals surface area contributed by atoms with Crippen molar-refractivity contribution in [1.82, 2.24) is 9.13 Å². The van der Waals surface area contributed by atoms with E-state index in [0.717, 1.165) is 4.57 Å². The normalized spacial score (nSPS) is 13.9. The number of aromatic nitrogens is 2. The first-order chi connectivity index (χ1) is 7.06. The van der Waals surface area contributed by atoms with Gasteiger partial charge in [0.15, 0.2) is 0 Å². The molecule has 0 unspecified atom stereocenters. The molecule has 1 aliphatic rings. The van der Waals surface area contributed by atoms with Crippen molar-refractivity contribution in [2.75, 3.05) is 6.61 Å². The molecule has 1 aliphatic heterocycles. The van der Waals surface area contributed by atoms with E-state index in [4.69, 9.17) is 5.11 Å². The Morgan fingerprint density at radius 1 is 1.33 bits per heavy atom. The summed E-state index contributed by atoms with van der Waals surface area (Å²) < 4.78 is 2.37. The number of aliphatic imine (C=N–C) groups is 1. The van der Waals surface area contributed by atoms with Crippen LogP contribution >= 0.6 is 0 Å². The second kappa shape index (κ2) is 3.16. The van der Waals surface area contributed by atoms with E-state index < -0.39 is 5.69 Å². The lowest BCUT2D eigenvalue weighted by atomic mass is 10.2. The van der Waals surface area contributed by atoms with Crippen LogP contribution in [0.5, 0.6) is 0 Å². The maximum atomic E-state index is 11.7. The van der Waals surface area contributed by atoms with Crippen LogP contribution in [0.3, 0.4) is 0 Å². The van der Waals surface area contributed by atoms with Crippen molar-refractivity contribution in [3.05, 3.63) is 26.4 Å². The molecule has 6 nitrogen and oxygen atoms in total. The van der Waals surface area contributed by atoms with Gasteiger partial charge in [0.25, 0.3) is 5.56 Å². The summed E-state index contributed by atoms with van der Waals surface area (Å²) in [5, 5.41) is 8.93. The zero-order chi connectivity index (χ0) is 11.2. The standard InChI is InChI=1S/C9H11N3O3/c1-11-7-6(3-5(4-13)10-7)8(14)12(2)9(11)15/h13H,3-4H2,1-2H3. The van der Waals surface area contributed by atoms with E-state index in [1.807, 2.05) is 0 Å². The molecule has 0 saturated carbocycles. The predicted octanol–water partition coefficient (Wildman–Crippen LogP) is -1.30. The minimum Gasteiger partial charge on any atom is -0.390 e. The molecule has 2 heterocycles. The summed E-state index contributed by atoms with van der Waals surface area (Å²) in [7, 11) is 2.99. The lowest BCUT2D eigenvalue weighted by Crippen LogP contribution is -2.38. The van der Waals surface area contributed by atoms with Gasteiger partial charge in [-0.15, -0.1) is 0 Å². The molecular weight excluding hydrogens is 198 g/mol. The van der Waals surface area contributed by atoms with E-state index >= 15 is 0 Å². The average Bonchev–Trinajstić information content (AvgIpc) is 2.67. The second-order valence-corrected chi connectivity index (χ2v) is 3.52. The van der Waals surface area contributed by atoms with Gasteiger partial charge in [-0.3, -0.25) is 13.9 Å². The number of hydrogen-bond donors (Lipinski definition) is 1. The molecular formula is C9H11N3O3. The van der Waals surface area contributed by atoms with Crippen LogP contribution in [0.25, 0.3) is 0 Å². The molecule has 0 bridgehead atoms. The van der Waals surface area contributed by atoms with Crippen LogP contribution in [0.1, 0.15) is 5.56 Å². The number of rotatable bonds is 1. The van der Waals surface area contributed by atoms with Gasteiger partial charge in [0.2, 0.25) is 0 Å². The van der Waals surface area contributed by atoms with Crippen molar-refractivity contribution in [3.63, 3.8) is 0 Å². The lowest BCUT2D eigenvalue weighted by molar-refractivity contribution is 0.356. The Morgan fingerprint density at radius 3 is 2.60 bits per heavy atom. The lowest BCUT2D eigenvalue weighted by Gasteiger charge is -2.05. The zero-order valence-electron chi connectivity index (χ0n) is 8.52. The fourth-order valence-electron chi connectivity index (χ4n) is 1.68. The van der Waals surface area contributed by atoms with E-state index in [-0.39, 0.29) is 12.2 Å². The molecule has 2 rings (SSSR count). The van der Waals surface area contributed by atoms with Gasteiger partial charge in [-0.25, -0.2) is 9.79 Å². The van der Waals surface area contributed by atoms with Crippen LogP contribution in [0.2, 0.25) is 0 Å². The molecule has 0 amide bonds. The molecule has 0 atom stereocenters. The fraction of sp³-hybridized carbons (Fsp3) is 0.444. The van der Waals surface area contributed by atoms with Crippen molar-refractivity contribution in [1.29, 1.82) is 0 Å².